The third-order valence-electron chi connectivity index (χ3n) is 1.84. The van der Waals surface area contributed by atoms with Gasteiger partial charge in [0.2, 0.25) is 0 Å². The normalized spacial score (nSPS) is 10.0. The molecule has 0 aliphatic rings. The maximum atomic E-state index is 4.91. The number of H-pyrrole nitrogens is 1. The first-order valence-corrected chi connectivity index (χ1v) is 4.69. The van der Waals surface area contributed by atoms with Gasteiger partial charge in [0, 0.05) is 18.8 Å². The first-order valence-electron chi connectivity index (χ1n) is 4.28. The quantitative estimate of drug-likeness (QED) is 0.760. The summed E-state index contributed by atoms with van der Waals surface area (Å²) in [5, 5.41) is 6.88. The van der Waals surface area contributed by atoms with E-state index in [-0.39, 0.29) is 0 Å². The standard InChI is InChI=1S/C10H9N3S/c14-10-4-3-9(12-13-10)6-8-2-1-5-11-7-8/h1-5,7H,6H2,(H,13,14). The molecule has 0 aliphatic heterocycles. The average molecular weight is 203 g/mol. The molecule has 0 aliphatic carbocycles. The summed E-state index contributed by atoms with van der Waals surface area (Å²) < 4.78 is 0.653. The maximum absolute atomic E-state index is 4.91. The predicted octanol–water partition coefficient (Wildman–Crippen LogP) is 2.12. The van der Waals surface area contributed by atoms with Gasteiger partial charge in [-0.15, -0.1) is 0 Å². The minimum Gasteiger partial charge on any atom is -0.268 e. The summed E-state index contributed by atoms with van der Waals surface area (Å²) in [6.07, 6.45) is 4.37. The Hall–Kier alpha value is -1.55. The SMILES string of the molecule is S=c1ccc(Cc2cccnc2)n[nH]1. The Bertz CT molecular complexity index is 444. The second-order valence-electron chi connectivity index (χ2n) is 2.95. The van der Waals surface area contributed by atoms with E-state index in [1.807, 2.05) is 30.5 Å². The predicted molar refractivity (Wildman–Crippen MR) is 56.5 cm³/mol. The molecule has 2 aromatic rings. The summed E-state index contributed by atoms with van der Waals surface area (Å²) in [6.45, 7) is 0. The van der Waals surface area contributed by atoms with E-state index in [0.29, 0.717) is 4.64 Å². The highest BCUT2D eigenvalue weighted by Crippen LogP contribution is 2.03. The molecule has 0 atom stereocenters. The molecule has 0 amide bonds. The largest absolute Gasteiger partial charge is 0.268 e. The molecule has 2 heterocycles. The highest BCUT2D eigenvalue weighted by molar-refractivity contribution is 7.71. The summed E-state index contributed by atoms with van der Waals surface area (Å²) in [6, 6.07) is 7.71. The molecule has 3 nitrogen and oxygen atoms in total. The summed E-state index contributed by atoms with van der Waals surface area (Å²) in [5.74, 6) is 0. The van der Waals surface area contributed by atoms with Crippen molar-refractivity contribution in [3.8, 4) is 0 Å². The van der Waals surface area contributed by atoms with Crippen LogP contribution in [-0.4, -0.2) is 15.2 Å². The van der Waals surface area contributed by atoms with Crippen LogP contribution >= 0.6 is 12.2 Å². The fraction of sp³-hybridized carbons (Fsp3) is 0.100. The van der Waals surface area contributed by atoms with Crippen molar-refractivity contribution in [3.63, 3.8) is 0 Å². The van der Waals surface area contributed by atoms with Crippen LogP contribution in [0.15, 0.2) is 36.7 Å². The van der Waals surface area contributed by atoms with Gasteiger partial charge in [0.15, 0.2) is 0 Å². The van der Waals surface area contributed by atoms with E-state index in [4.69, 9.17) is 12.2 Å². The summed E-state index contributed by atoms with van der Waals surface area (Å²) in [4.78, 5) is 4.04. The van der Waals surface area contributed by atoms with Gasteiger partial charge in [0.25, 0.3) is 0 Å². The fourth-order valence-corrected chi connectivity index (χ4v) is 1.30. The van der Waals surface area contributed by atoms with E-state index in [2.05, 4.69) is 15.2 Å². The first-order chi connectivity index (χ1) is 6.84. The molecule has 0 spiro atoms. The number of rotatable bonds is 2. The van der Waals surface area contributed by atoms with Crippen molar-refractivity contribution in [1.82, 2.24) is 15.2 Å². The van der Waals surface area contributed by atoms with Crippen molar-refractivity contribution < 1.29 is 0 Å². The zero-order valence-corrected chi connectivity index (χ0v) is 8.29. The molecule has 2 aromatic heterocycles. The van der Waals surface area contributed by atoms with Crippen LogP contribution in [0.4, 0.5) is 0 Å². The summed E-state index contributed by atoms with van der Waals surface area (Å²) >= 11 is 4.91. The number of aromatic nitrogens is 3. The average Bonchev–Trinajstić information content (AvgIpc) is 2.23. The maximum Gasteiger partial charge on any atom is 0.119 e. The van der Waals surface area contributed by atoms with E-state index in [9.17, 15) is 0 Å². The third-order valence-corrected chi connectivity index (χ3v) is 2.07. The minimum atomic E-state index is 0.653. The van der Waals surface area contributed by atoms with Crippen molar-refractivity contribution in [3.05, 3.63) is 52.6 Å². The van der Waals surface area contributed by atoms with Gasteiger partial charge in [-0.25, -0.2) is 0 Å². The second kappa shape index (κ2) is 4.11. The van der Waals surface area contributed by atoms with Gasteiger partial charge in [-0.05, 0) is 23.8 Å². The monoisotopic (exact) mass is 203 g/mol. The lowest BCUT2D eigenvalue weighted by atomic mass is 10.1. The van der Waals surface area contributed by atoms with Crippen LogP contribution in [0.5, 0.6) is 0 Å². The second-order valence-corrected chi connectivity index (χ2v) is 3.39. The highest BCUT2D eigenvalue weighted by Gasteiger charge is 1.96. The summed E-state index contributed by atoms with van der Waals surface area (Å²) in [5.41, 5.74) is 2.11. The molecule has 70 valence electrons. The molecule has 1 N–H and O–H groups in total. The Balaban J connectivity index is 2.19. The number of pyridine rings is 1. The van der Waals surface area contributed by atoms with Crippen LogP contribution in [0.2, 0.25) is 0 Å². The topological polar surface area (TPSA) is 41.6 Å². The molecular weight excluding hydrogens is 194 g/mol. The van der Waals surface area contributed by atoms with Crippen LogP contribution in [0, 0.1) is 4.64 Å². The van der Waals surface area contributed by atoms with Crippen LogP contribution < -0.4 is 0 Å². The van der Waals surface area contributed by atoms with E-state index < -0.39 is 0 Å². The Morgan fingerprint density at radius 2 is 2.21 bits per heavy atom. The molecule has 4 heteroatoms. The molecule has 0 saturated heterocycles. The smallest absolute Gasteiger partial charge is 0.119 e. The number of hydrogen-bond acceptors (Lipinski definition) is 3. The van der Waals surface area contributed by atoms with Crippen molar-refractivity contribution in [2.45, 2.75) is 6.42 Å². The van der Waals surface area contributed by atoms with Crippen molar-refractivity contribution in [2.24, 2.45) is 0 Å². The Labute approximate surface area is 86.8 Å². The van der Waals surface area contributed by atoms with Gasteiger partial charge in [-0.3, -0.25) is 10.1 Å². The molecule has 0 unspecified atom stereocenters. The van der Waals surface area contributed by atoms with Crippen molar-refractivity contribution >= 4 is 12.2 Å². The van der Waals surface area contributed by atoms with Crippen LogP contribution in [0.1, 0.15) is 11.3 Å². The zero-order valence-electron chi connectivity index (χ0n) is 7.47. The molecule has 2 rings (SSSR count). The third kappa shape index (κ3) is 2.23. The van der Waals surface area contributed by atoms with E-state index in [1.165, 1.54) is 0 Å². The molecule has 0 radical (unpaired) electrons. The number of hydrogen-bond donors (Lipinski definition) is 1. The molecule has 0 fully saturated rings. The summed E-state index contributed by atoms with van der Waals surface area (Å²) in [7, 11) is 0. The van der Waals surface area contributed by atoms with Gasteiger partial charge < -0.3 is 0 Å². The van der Waals surface area contributed by atoms with Crippen LogP contribution in [-0.2, 0) is 6.42 Å². The Morgan fingerprint density at radius 3 is 2.86 bits per heavy atom. The lowest BCUT2D eigenvalue weighted by Crippen LogP contribution is -1.94. The number of nitrogens with zero attached hydrogens (tertiary/aromatic N) is 2. The lowest BCUT2D eigenvalue weighted by molar-refractivity contribution is 0.924. The zero-order chi connectivity index (χ0) is 9.80. The molecule has 0 saturated carbocycles. The van der Waals surface area contributed by atoms with Gasteiger partial charge in [-0.2, -0.15) is 5.10 Å². The Morgan fingerprint density at radius 1 is 1.29 bits per heavy atom. The van der Waals surface area contributed by atoms with Crippen LogP contribution in [0.25, 0.3) is 0 Å². The number of aromatic amines is 1. The van der Waals surface area contributed by atoms with Gasteiger partial charge in [-0.1, -0.05) is 18.3 Å². The van der Waals surface area contributed by atoms with Gasteiger partial charge >= 0.3 is 0 Å². The van der Waals surface area contributed by atoms with E-state index in [1.54, 1.807) is 6.20 Å². The molecular formula is C10H9N3S. The lowest BCUT2D eigenvalue weighted by Gasteiger charge is -1.98. The minimum absolute atomic E-state index is 0.653. The highest BCUT2D eigenvalue weighted by atomic mass is 32.1. The molecule has 0 aromatic carbocycles. The number of nitrogens with one attached hydrogen (secondary N) is 1. The molecule has 0 bridgehead atoms. The van der Waals surface area contributed by atoms with Crippen molar-refractivity contribution in [1.29, 1.82) is 0 Å². The Kier molecular flexibility index (Phi) is 2.65. The van der Waals surface area contributed by atoms with Gasteiger partial charge in [0.1, 0.15) is 4.64 Å². The van der Waals surface area contributed by atoms with E-state index in [0.717, 1.165) is 17.7 Å². The molecule has 14 heavy (non-hydrogen) atoms. The van der Waals surface area contributed by atoms with Gasteiger partial charge in [0.05, 0.1) is 5.69 Å². The van der Waals surface area contributed by atoms with E-state index >= 15 is 0 Å². The van der Waals surface area contributed by atoms with Crippen LogP contribution in [0.3, 0.4) is 0 Å². The fourth-order valence-electron chi connectivity index (χ4n) is 1.18. The van der Waals surface area contributed by atoms with Crippen molar-refractivity contribution in [2.75, 3.05) is 0 Å². The first kappa shape index (κ1) is 9.02.